The first-order valence-corrected chi connectivity index (χ1v) is 5.12. The van der Waals surface area contributed by atoms with Gasteiger partial charge in [-0.2, -0.15) is 0 Å². The molecule has 1 aromatic carbocycles. The predicted molar refractivity (Wildman–Crippen MR) is 55.2 cm³/mol. The molecule has 66 valence electrons. The summed E-state index contributed by atoms with van der Waals surface area (Å²) in [6.07, 6.45) is 0. The lowest BCUT2D eigenvalue weighted by atomic mass is 10.2. The molecule has 0 bridgehead atoms. The minimum Gasteiger partial charge on any atom is -0.357 e. The van der Waals surface area contributed by atoms with Gasteiger partial charge in [0.1, 0.15) is 0 Å². The van der Waals surface area contributed by atoms with Crippen LogP contribution in [0.5, 0.6) is 0 Å². The summed E-state index contributed by atoms with van der Waals surface area (Å²) in [5, 5.41) is 1.28. The van der Waals surface area contributed by atoms with Crippen LogP contribution in [0.3, 0.4) is 0 Å². The van der Waals surface area contributed by atoms with E-state index in [9.17, 15) is 0 Å². The van der Waals surface area contributed by atoms with E-state index in [4.69, 9.17) is 4.52 Å². The van der Waals surface area contributed by atoms with Crippen molar-refractivity contribution in [2.75, 3.05) is 6.61 Å². The van der Waals surface area contributed by atoms with Crippen LogP contribution in [0.2, 0.25) is 0 Å². The summed E-state index contributed by atoms with van der Waals surface area (Å²) in [6, 6.07) is 10.3. The second kappa shape index (κ2) is 5.29. The third-order valence-electron chi connectivity index (χ3n) is 1.38. The van der Waals surface area contributed by atoms with E-state index in [1.54, 1.807) is 0 Å². The molecule has 2 heteroatoms. The van der Waals surface area contributed by atoms with Gasteiger partial charge in [0.2, 0.25) is 0 Å². The SMILES string of the molecule is CC(C)COPc1ccccc1. The van der Waals surface area contributed by atoms with Gasteiger partial charge in [0.05, 0.1) is 6.61 Å². The molecule has 0 aromatic heterocycles. The van der Waals surface area contributed by atoms with Crippen LogP contribution in [0.4, 0.5) is 0 Å². The zero-order chi connectivity index (χ0) is 8.81. The summed E-state index contributed by atoms with van der Waals surface area (Å²) in [7, 11) is 0.497. The maximum Gasteiger partial charge on any atom is 0.0532 e. The van der Waals surface area contributed by atoms with Gasteiger partial charge >= 0.3 is 0 Å². The maximum atomic E-state index is 5.51. The van der Waals surface area contributed by atoms with Crippen LogP contribution >= 0.6 is 8.81 Å². The summed E-state index contributed by atoms with van der Waals surface area (Å²) >= 11 is 0. The third-order valence-corrected chi connectivity index (χ3v) is 2.26. The maximum absolute atomic E-state index is 5.51. The quantitative estimate of drug-likeness (QED) is 0.650. The molecule has 0 aliphatic carbocycles. The Morgan fingerprint density at radius 1 is 1.25 bits per heavy atom. The molecule has 1 nitrogen and oxygen atoms in total. The van der Waals surface area contributed by atoms with Crippen molar-refractivity contribution in [3.05, 3.63) is 30.3 Å². The molecule has 0 N–H and O–H groups in total. The smallest absolute Gasteiger partial charge is 0.0532 e. The molecular weight excluding hydrogens is 167 g/mol. The molecule has 0 saturated heterocycles. The van der Waals surface area contributed by atoms with Gasteiger partial charge in [-0.1, -0.05) is 44.2 Å². The van der Waals surface area contributed by atoms with E-state index in [0.29, 0.717) is 14.7 Å². The van der Waals surface area contributed by atoms with Gasteiger partial charge in [-0.25, -0.2) is 0 Å². The second-order valence-electron chi connectivity index (χ2n) is 3.17. The van der Waals surface area contributed by atoms with Crippen LogP contribution in [-0.4, -0.2) is 6.61 Å². The van der Waals surface area contributed by atoms with Gasteiger partial charge in [0.15, 0.2) is 0 Å². The van der Waals surface area contributed by atoms with Crippen molar-refractivity contribution in [3.8, 4) is 0 Å². The minimum absolute atomic E-state index is 0.497. The molecular formula is C10H15OP. The molecule has 12 heavy (non-hydrogen) atoms. The Kier molecular flexibility index (Phi) is 4.27. The number of rotatable bonds is 4. The topological polar surface area (TPSA) is 9.23 Å². The Balaban J connectivity index is 2.25. The monoisotopic (exact) mass is 182 g/mol. The second-order valence-corrected chi connectivity index (χ2v) is 4.24. The highest BCUT2D eigenvalue weighted by atomic mass is 31.1. The Hall–Kier alpha value is -0.390. The molecule has 1 unspecified atom stereocenters. The number of hydrogen-bond acceptors (Lipinski definition) is 1. The van der Waals surface area contributed by atoms with Crippen LogP contribution in [-0.2, 0) is 4.52 Å². The number of benzene rings is 1. The van der Waals surface area contributed by atoms with Crippen LogP contribution in [0.25, 0.3) is 0 Å². The van der Waals surface area contributed by atoms with Crippen LogP contribution in [0, 0.1) is 5.92 Å². The molecule has 0 fully saturated rings. The lowest BCUT2D eigenvalue weighted by Crippen LogP contribution is -1.99. The van der Waals surface area contributed by atoms with Gasteiger partial charge in [-0.3, -0.25) is 0 Å². The summed E-state index contributed by atoms with van der Waals surface area (Å²) in [5.41, 5.74) is 0. The zero-order valence-corrected chi connectivity index (χ0v) is 8.58. The fourth-order valence-electron chi connectivity index (χ4n) is 0.798. The fourth-order valence-corrected chi connectivity index (χ4v) is 1.71. The molecule has 0 radical (unpaired) electrons. The van der Waals surface area contributed by atoms with Gasteiger partial charge in [-0.05, 0) is 11.2 Å². The van der Waals surface area contributed by atoms with E-state index in [1.165, 1.54) is 5.30 Å². The molecule has 0 amide bonds. The van der Waals surface area contributed by atoms with Crippen molar-refractivity contribution in [1.82, 2.24) is 0 Å². The van der Waals surface area contributed by atoms with Gasteiger partial charge in [0, 0.05) is 8.81 Å². The van der Waals surface area contributed by atoms with Crippen molar-refractivity contribution in [2.24, 2.45) is 5.92 Å². The molecule has 0 heterocycles. The van der Waals surface area contributed by atoms with E-state index >= 15 is 0 Å². The first-order chi connectivity index (χ1) is 5.79. The van der Waals surface area contributed by atoms with Crippen molar-refractivity contribution in [1.29, 1.82) is 0 Å². The standard InChI is InChI=1S/C10H15OP/c1-9(2)8-11-12-10-6-4-3-5-7-10/h3-7,9,12H,8H2,1-2H3. The highest BCUT2D eigenvalue weighted by Crippen LogP contribution is 2.12. The molecule has 1 atom stereocenters. The number of hydrogen-bond donors (Lipinski definition) is 0. The minimum atomic E-state index is 0.497. The van der Waals surface area contributed by atoms with E-state index in [0.717, 1.165) is 6.61 Å². The normalized spacial score (nSPS) is 11.6. The lowest BCUT2D eigenvalue weighted by molar-refractivity contribution is 0.309. The van der Waals surface area contributed by atoms with Gasteiger partial charge in [-0.15, -0.1) is 0 Å². The predicted octanol–water partition coefficient (Wildman–Crippen LogP) is 2.58. The first kappa shape index (κ1) is 9.70. The molecule has 0 aliphatic rings. The molecule has 0 spiro atoms. The van der Waals surface area contributed by atoms with E-state index in [2.05, 4.69) is 26.0 Å². The highest BCUT2D eigenvalue weighted by molar-refractivity contribution is 7.41. The fraction of sp³-hybridized carbons (Fsp3) is 0.400. The van der Waals surface area contributed by atoms with Crippen molar-refractivity contribution in [3.63, 3.8) is 0 Å². The third kappa shape index (κ3) is 3.85. The van der Waals surface area contributed by atoms with E-state index < -0.39 is 0 Å². The van der Waals surface area contributed by atoms with Crippen LogP contribution < -0.4 is 5.30 Å². The van der Waals surface area contributed by atoms with Crippen molar-refractivity contribution >= 4 is 14.1 Å². The summed E-state index contributed by atoms with van der Waals surface area (Å²) in [6.45, 7) is 5.18. The van der Waals surface area contributed by atoms with Gasteiger partial charge < -0.3 is 4.52 Å². The van der Waals surface area contributed by atoms with Crippen molar-refractivity contribution < 1.29 is 4.52 Å². The lowest BCUT2D eigenvalue weighted by Gasteiger charge is -2.05. The van der Waals surface area contributed by atoms with Crippen molar-refractivity contribution in [2.45, 2.75) is 13.8 Å². The Morgan fingerprint density at radius 2 is 1.92 bits per heavy atom. The first-order valence-electron chi connectivity index (χ1n) is 4.22. The molecule has 0 saturated carbocycles. The summed E-state index contributed by atoms with van der Waals surface area (Å²) in [4.78, 5) is 0. The molecule has 1 aromatic rings. The molecule has 0 aliphatic heterocycles. The van der Waals surface area contributed by atoms with Crippen LogP contribution in [0.15, 0.2) is 30.3 Å². The average molecular weight is 182 g/mol. The Morgan fingerprint density at radius 3 is 2.50 bits per heavy atom. The van der Waals surface area contributed by atoms with Crippen LogP contribution in [0.1, 0.15) is 13.8 Å². The Labute approximate surface area is 76.0 Å². The molecule has 1 rings (SSSR count). The largest absolute Gasteiger partial charge is 0.357 e. The zero-order valence-electron chi connectivity index (χ0n) is 7.58. The Bertz CT molecular complexity index is 208. The van der Waals surface area contributed by atoms with Gasteiger partial charge in [0.25, 0.3) is 0 Å². The highest BCUT2D eigenvalue weighted by Gasteiger charge is 1.94. The summed E-state index contributed by atoms with van der Waals surface area (Å²) < 4.78 is 5.51. The van der Waals surface area contributed by atoms with E-state index in [-0.39, 0.29) is 0 Å². The summed E-state index contributed by atoms with van der Waals surface area (Å²) in [5.74, 6) is 0.626. The average Bonchev–Trinajstić information content (AvgIpc) is 2.05. The van der Waals surface area contributed by atoms with E-state index in [1.807, 2.05) is 18.2 Å².